The first kappa shape index (κ1) is 22.3. The minimum Gasteiger partial charge on any atom is -0.493 e. The van der Waals surface area contributed by atoms with Crippen LogP contribution >= 0.6 is 0 Å². The summed E-state index contributed by atoms with van der Waals surface area (Å²) in [6, 6.07) is 11.8. The van der Waals surface area contributed by atoms with Crippen LogP contribution in [-0.4, -0.2) is 49.6 Å². The molecule has 0 saturated carbocycles. The van der Waals surface area contributed by atoms with Crippen LogP contribution in [0.4, 0.5) is 0 Å². The van der Waals surface area contributed by atoms with Gasteiger partial charge in [-0.25, -0.2) is 5.43 Å². The number of H-pyrrole nitrogens is 1. The quantitative estimate of drug-likeness (QED) is 0.240. The topological polar surface area (TPSA) is 124 Å². The molecular weight excluding hydrogens is 416 g/mol. The first-order valence-electron chi connectivity index (χ1n) is 9.42. The Labute approximate surface area is 184 Å². The Hall–Kier alpha value is -4.34. The number of benzene rings is 2. The molecule has 2 aromatic carbocycles. The summed E-state index contributed by atoms with van der Waals surface area (Å²) in [5, 5.41) is 10.8. The monoisotopic (exact) mass is 438 g/mol. The van der Waals surface area contributed by atoms with E-state index in [1.165, 1.54) is 20.2 Å². The highest BCUT2D eigenvalue weighted by atomic mass is 16.6. The van der Waals surface area contributed by atoms with E-state index in [0.717, 1.165) is 5.56 Å². The van der Waals surface area contributed by atoms with Gasteiger partial charge in [0.05, 0.1) is 33.2 Å². The fraction of sp³-hybridized carbons (Fsp3) is 0.182. The second-order valence-corrected chi connectivity index (χ2v) is 6.44. The number of rotatable bonds is 8. The van der Waals surface area contributed by atoms with Crippen molar-refractivity contribution in [3.05, 3.63) is 53.7 Å². The van der Waals surface area contributed by atoms with E-state index in [1.54, 1.807) is 50.6 Å². The van der Waals surface area contributed by atoms with Crippen molar-refractivity contribution in [1.29, 1.82) is 0 Å². The number of ether oxygens (including phenoxy) is 4. The number of methoxy groups -OCH3 is 3. The lowest BCUT2D eigenvalue weighted by atomic mass is 10.1. The lowest BCUT2D eigenvalue weighted by Gasteiger charge is -2.08. The van der Waals surface area contributed by atoms with E-state index in [9.17, 15) is 9.59 Å². The van der Waals surface area contributed by atoms with E-state index < -0.39 is 11.9 Å². The molecule has 1 aromatic heterocycles. The van der Waals surface area contributed by atoms with Gasteiger partial charge >= 0.3 is 5.97 Å². The summed E-state index contributed by atoms with van der Waals surface area (Å²) in [6.07, 6.45) is 1.43. The molecule has 0 bridgehead atoms. The Bertz CT molecular complexity index is 1160. The van der Waals surface area contributed by atoms with Crippen molar-refractivity contribution in [2.45, 2.75) is 6.92 Å². The summed E-state index contributed by atoms with van der Waals surface area (Å²) in [5.74, 6) is 0.883. The van der Waals surface area contributed by atoms with Gasteiger partial charge in [-0.1, -0.05) is 0 Å². The molecule has 3 aromatic rings. The molecule has 0 spiro atoms. The summed E-state index contributed by atoms with van der Waals surface area (Å²) in [7, 11) is 4.56. The van der Waals surface area contributed by atoms with Crippen molar-refractivity contribution in [1.82, 2.24) is 15.6 Å². The number of aromatic nitrogens is 2. The Morgan fingerprint density at radius 1 is 0.938 bits per heavy atom. The van der Waals surface area contributed by atoms with Crippen LogP contribution in [0.25, 0.3) is 11.3 Å². The van der Waals surface area contributed by atoms with Gasteiger partial charge in [-0.3, -0.25) is 14.7 Å². The lowest BCUT2D eigenvalue weighted by Crippen LogP contribution is -2.18. The molecule has 0 aliphatic heterocycles. The second kappa shape index (κ2) is 10.1. The molecule has 0 fully saturated rings. The number of hydrogen-bond acceptors (Lipinski definition) is 8. The molecule has 32 heavy (non-hydrogen) atoms. The zero-order chi connectivity index (χ0) is 23.1. The van der Waals surface area contributed by atoms with E-state index >= 15 is 0 Å². The maximum absolute atomic E-state index is 12.4. The lowest BCUT2D eigenvalue weighted by molar-refractivity contribution is -0.132. The fourth-order valence-corrected chi connectivity index (χ4v) is 2.81. The van der Waals surface area contributed by atoms with Crippen LogP contribution in [0, 0.1) is 0 Å². The fourth-order valence-electron chi connectivity index (χ4n) is 2.81. The molecule has 0 saturated heterocycles. The Balaban J connectivity index is 1.68. The van der Waals surface area contributed by atoms with E-state index in [4.69, 9.17) is 18.9 Å². The maximum atomic E-state index is 12.4. The highest BCUT2D eigenvalue weighted by Gasteiger charge is 2.13. The standard InChI is InChI=1S/C22H22N4O6/c1-13(27)32-19-7-5-14(9-20(19)30-3)12-23-26-22(28)17-11-16(24-25-17)15-6-8-18(29-2)21(10-15)31-4/h5-12H,1-4H3,(H,24,25)(H,26,28). The Morgan fingerprint density at radius 3 is 2.31 bits per heavy atom. The molecule has 166 valence electrons. The highest BCUT2D eigenvalue weighted by molar-refractivity contribution is 5.94. The molecule has 1 amide bonds. The number of esters is 1. The highest BCUT2D eigenvalue weighted by Crippen LogP contribution is 2.31. The number of carbonyl (C=O) groups excluding carboxylic acids is 2. The number of nitrogens with zero attached hydrogens (tertiary/aromatic N) is 2. The van der Waals surface area contributed by atoms with Gasteiger partial charge < -0.3 is 18.9 Å². The van der Waals surface area contributed by atoms with Gasteiger partial charge in [0.1, 0.15) is 5.69 Å². The molecule has 0 aliphatic carbocycles. The van der Waals surface area contributed by atoms with Gasteiger partial charge in [0.2, 0.25) is 0 Å². The maximum Gasteiger partial charge on any atom is 0.308 e. The third kappa shape index (κ3) is 5.22. The number of hydrazone groups is 1. The number of aromatic amines is 1. The van der Waals surface area contributed by atoms with Crippen molar-refractivity contribution >= 4 is 18.1 Å². The number of amides is 1. The van der Waals surface area contributed by atoms with E-state index in [-0.39, 0.29) is 5.69 Å². The van der Waals surface area contributed by atoms with Crippen LogP contribution in [0.1, 0.15) is 23.0 Å². The molecule has 0 aliphatic rings. The summed E-state index contributed by atoms with van der Waals surface area (Å²) in [5.41, 5.74) is 4.60. The summed E-state index contributed by atoms with van der Waals surface area (Å²) in [6.45, 7) is 1.30. The normalized spacial score (nSPS) is 10.6. The SMILES string of the molecule is COc1ccc(-c2cc(C(=O)NN=Cc3ccc(OC(C)=O)c(OC)c3)[nH]n2)cc1OC. The van der Waals surface area contributed by atoms with E-state index in [2.05, 4.69) is 20.7 Å². The van der Waals surface area contributed by atoms with Crippen molar-refractivity contribution in [3.8, 4) is 34.3 Å². The van der Waals surface area contributed by atoms with Gasteiger partial charge in [-0.2, -0.15) is 10.2 Å². The largest absolute Gasteiger partial charge is 0.493 e. The predicted octanol–water partition coefficient (Wildman–Crippen LogP) is 2.79. The zero-order valence-electron chi connectivity index (χ0n) is 18.0. The van der Waals surface area contributed by atoms with Crippen LogP contribution in [0.2, 0.25) is 0 Å². The van der Waals surface area contributed by atoms with Gasteiger partial charge in [0.15, 0.2) is 23.0 Å². The minimum absolute atomic E-state index is 0.231. The van der Waals surface area contributed by atoms with Crippen LogP contribution in [0.3, 0.4) is 0 Å². The molecule has 2 N–H and O–H groups in total. The molecule has 0 radical (unpaired) electrons. The molecule has 10 nitrogen and oxygen atoms in total. The molecule has 3 rings (SSSR count). The van der Waals surface area contributed by atoms with Crippen molar-refractivity contribution in [2.75, 3.05) is 21.3 Å². The van der Waals surface area contributed by atoms with Crippen LogP contribution < -0.4 is 24.4 Å². The third-order valence-corrected chi connectivity index (χ3v) is 4.32. The van der Waals surface area contributed by atoms with Crippen molar-refractivity contribution in [3.63, 3.8) is 0 Å². The van der Waals surface area contributed by atoms with Gasteiger partial charge in [-0.05, 0) is 48.0 Å². The van der Waals surface area contributed by atoms with Crippen molar-refractivity contribution < 1.29 is 28.5 Å². The summed E-state index contributed by atoms with van der Waals surface area (Å²) >= 11 is 0. The third-order valence-electron chi connectivity index (χ3n) is 4.32. The first-order chi connectivity index (χ1) is 15.4. The average Bonchev–Trinajstić information content (AvgIpc) is 3.29. The van der Waals surface area contributed by atoms with E-state index in [1.807, 2.05) is 6.07 Å². The van der Waals surface area contributed by atoms with E-state index in [0.29, 0.717) is 34.3 Å². The second-order valence-electron chi connectivity index (χ2n) is 6.44. The number of nitrogens with one attached hydrogen (secondary N) is 2. The molecule has 1 heterocycles. The molecule has 0 unspecified atom stereocenters. The van der Waals surface area contributed by atoms with Crippen molar-refractivity contribution in [2.24, 2.45) is 5.10 Å². The molecule has 0 atom stereocenters. The van der Waals surface area contributed by atoms with Gasteiger partial charge in [0, 0.05) is 12.5 Å². The minimum atomic E-state index is -0.469. The molecular formula is C22H22N4O6. The number of carbonyl (C=O) groups is 2. The Kier molecular flexibility index (Phi) is 7.06. The van der Waals surface area contributed by atoms with Gasteiger partial charge in [0.25, 0.3) is 5.91 Å². The molecule has 10 heteroatoms. The smallest absolute Gasteiger partial charge is 0.308 e. The Morgan fingerprint density at radius 2 is 1.62 bits per heavy atom. The average molecular weight is 438 g/mol. The first-order valence-corrected chi connectivity index (χ1v) is 9.42. The van der Waals surface area contributed by atoms with Crippen LogP contribution in [0.15, 0.2) is 47.6 Å². The summed E-state index contributed by atoms with van der Waals surface area (Å²) < 4.78 is 20.8. The predicted molar refractivity (Wildman–Crippen MR) is 116 cm³/mol. The number of hydrogen-bond donors (Lipinski definition) is 2. The summed E-state index contributed by atoms with van der Waals surface area (Å²) in [4.78, 5) is 23.5. The zero-order valence-corrected chi connectivity index (χ0v) is 18.0. The van der Waals surface area contributed by atoms with Gasteiger partial charge in [-0.15, -0.1) is 0 Å². The van der Waals surface area contributed by atoms with Crippen LogP contribution in [-0.2, 0) is 4.79 Å². The van der Waals surface area contributed by atoms with Crippen LogP contribution in [0.5, 0.6) is 23.0 Å².